The van der Waals surface area contributed by atoms with Crippen molar-refractivity contribution < 1.29 is 19.4 Å². The zero-order valence-corrected chi connectivity index (χ0v) is 11.4. The molecule has 1 saturated heterocycles. The van der Waals surface area contributed by atoms with E-state index in [1.165, 1.54) is 5.56 Å². The molecule has 1 aromatic rings. The molecule has 0 radical (unpaired) electrons. The fourth-order valence-corrected chi connectivity index (χ4v) is 2.83. The van der Waals surface area contributed by atoms with Crippen molar-refractivity contribution in [2.24, 2.45) is 0 Å². The molecule has 0 spiro atoms. The fraction of sp³-hybridized carbons (Fsp3) is 0.533. The Balaban J connectivity index is 1.76. The van der Waals surface area contributed by atoms with E-state index in [-0.39, 0.29) is 18.8 Å². The monoisotopic (exact) mass is 277 g/mol. The summed E-state index contributed by atoms with van der Waals surface area (Å²) in [5.74, 6) is 0. The van der Waals surface area contributed by atoms with Gasteiger partial charge in [-0.1, -0.05) is 18.2 Å². The van der Waals surface area contributed by atoms with E-state index in [0.29, 0.717) is 32.7 Å². The van der Waals surface area contributed by atoms with Crippen LogP contribution in [-0.2, 0) is 22.4 Å². The number of hydrogen-bond donors (Lipinski definition) is 1. The maximum atomic E-state index is 11.5. The van der Waals surface area contributed by atoms with E-state index in [1.807, 2.05) is 6.07 Å². The summed E-state index contributed by atoms with van der Waals surface area (Å²) in [6.07, 6.45) is 1.28. The van der Waals surface area contributed by atoms with Gasteiger partial charge < -0.3 is 19.5 Å². The van der Waals surface area contributed by atoms with Crippen LogP contribution in [0.1, 0.15) is 29.2 Å². The highest BCUT2D eigenvalue weighted by Crippen LogP contribution is 2.30. The molecule has 3 rings (SSSR count). The molecule has 0 bridgehead atoms. The fourth-order valence-electron chi connectivity index (χ4n) is 2.83. The molecule has 1 atom stereocenters. The van der Waals surface area contributed by atoms with Crippen LogP contribution in [0.25, 0.3) is 0 Å². The van der Waals surface area contributed by atoms with Gasteiger partial charge in [0.1, 0.15) is 6.61 Å². The number of aliphatic hydroxyl groups excluding tert-OH is 1. The van der Waals surface area contributed by atoms with Crippen LogP contribution in [0, 0.1) is 0 Å². The number of benzene rings is 1. The minimum absolute atomic E-state index is 0.00504. The van der Waals surface area contributed by atoms with Gasteiger partial charge in [0.05, 0.1) is 19.3 Å². The lowest BCUT2D eigenvalue weighted by atomic mass is 9.94. The van der Waals surface area contributed by atoms with Crippen molar-refractivity contribution in [3.63, 3.8) is 0 Å². The number of hydrogen-bond acceptors (Lipinski definition) is 4. The number of cyclic esters (lactones) is 1. The van der Waals surface area contributed by atoms with Crippen LogP contribution < -0.4 is 0 Å². The highest BCUT2D eigenvalue weighted by molar-refractivity contribution is 5.69. The van der Waals surface area contributed by atoms with E-state index in [2.05, 4.69) is 12.1 Å². The van der Waals surface area contributed by atoms with Gasteiger partial charge in [-0.25, -0.2) is 4.79 Å². The van der Waals surface area contributed by atoms with Gasteiger partial charge in [0.25, 0.3) is 0 Å². The van der Waals surface area contributed by atoms with Gasteiger partial charge in [-0.3, -0.25) is 0 Å². The Morgan fingerprint density at radius 2 is 2.25 bits per heavy atom. The highest BCUT2D eigenvalue weighted by Gasteiger charge is 2.24. The molecule has 5 nitrogen and oxygen atoms in total. The smallest absolute Gasteiger partial charge is 0.410 e. The number of rotatable bonds is 4. The average molecular weight is 277 g/mol. The molecular weight excluding hydrogens is 258 g/mol. The van der Waals surface area contributed by atoms with Crippen LogP contribution in [0.15, 0.2) is 18.2 Å². The standard InChI is InChI=1S/C15H19NO4/c17-6-3-14-13-2-1-11(9-12(13)4-7-19-14)10-16-5-8-20-15(16)18/h1-2,9,14,17H,3-8,10H2/t14-/m0/s1. The topological polar surface area (TPSA) is 59.0 Å². The molecule has 1 amide bonds. The normalized spacial score (nSPS) is 21.8. The van der Waals surface area contributed by atoms with E-state index in [4.69, 9.17) is 14.6 Å². The molecule has 1 aromatic carbocycles. The van der Waals surface area contributed by atoms with E-state index in [1.54, 1.807) is 4.90 Å². The summed E-state index contributed by atoms with van der Waals surface area (Å²) in [4.78, 5) is 13.2. The number of aliphatic hydroxyl groups is 1. The Morgan fingerprint density at radius 3 is 3.00 bits per heavy atom. The van der Waals surface area contributed by atoms with Crippen molar-refractivity contribution in [1.29, 1.82) is 0 Å². The first-order chi connectivity index (χ1) is 9.78. The molecular formula is C15H19NO4. The molecule has 5 heteroatoms. The van der Waals surface area contributed by atoms with Gasteiger partial charge >= 0.3 is 6.09 Å². The SMILES string of the molecule is O=C1OCCN1Cc1ccc2c(c1)CCO[C@H]2CCO. The Morgan fingerprint density at radius 1 is 1.35 bits per heavy atom. The third kappa shape index (κ3) is 2.64. The summed E-state index contributed by atoms with van der Waals surface area (Å²) in [6, 6.07) is 6.24. The van der Waals surface area contributed by atoms with Crippen LogP contribution in [0.4, 0.5) is 4.79 Å². The van der Waals surface area contributed by atoms with E-state index < -0.39 is 0 Å². The molecule has 0 saturated carbocycles. The number of nitrogens with zero attached hydrogens (tertiary/aromatic N) is 1. The second-order valence-corrected chi connectivity index (χ2v) is 5.19. The van der Waals surface area contributed by atoms with Crippen molar-refractivity contribution in [3.05, 3.63) is 34.9 Å². The summed E-state index contributed by atoms with van der Waals surface area (Å²) in [5, 5.41) is 9.08. The van der Waals surface area contributed by atoms with E-state index in [9.17, 15) is 4.79 Å². The van der Waals surface area contributed by atoms with Gasteiger partial charge in [0, 0.05) is 19.6 Å². The van der Waals surface area contributed by atoms with Gasteiger partial charge in [0.2, 0.25) is 0 Å². The van der Waals surface area contributed by atoms with Crippen molar-refractivity contribution in [1.82, 2.24) is 4.90 Å². The lowest BCUT2D eigenvalue weighted by Crippen LogP contribution is -2.24. The zero-order chi connectivity index (χ0) is 13.9. The molecule has 108 valence electrons. The van der Waals surface area contributed by atoms with Crippen molar-refractivity contribution >= 4 is 6.09 Å². The van der Waals surface area contributed by atoms with Gasteiger partial charge in [-0.2, -0.15) is 0 Å². The molecule has 0 aliphatic carbocycles. The summed E-state index contributed by atoms with van der Waals surface area (Å²) in [6.45, 7) is 2.55. The molecule has 1 fully saturated rings. The highest BCUT2D eigenvalue weighted by atomic mass is 16.6. The second-order valence-electron chi connectivity index (χ2n) is 5.19. The van der Waals surface area contributed by atoms with Crippen LogP contribution in [0.5, 0.6) is 0 Å². The maximum absolute atomic E-state index is 11.5. The van der Waals surface area contributed by atoms with E-state index >= 15 is 0 Å². The first kappa shape index (κ1) is 13.4. The Labute approximate surface area is 118 Å². The molecule has 0 unspecified atom stereocenters. The molecule has 1 N–H and O–H groups in total. The number of ether oxygens (including phenoxy) is 2. The van der Waals surface area contributed by atoms with Crippen LogP contribution in [-0.4, -0.2) is 42.5 Å². The predicted octanol–water partition coefficient (Wildman–Crippen LogP) is 1.64. The lowest BCUT2D eigenvalue weighted by Gasteiger charge is -2.26. The van der Waals surface area contributed by atoms with Crippen molar-refractivity contribution in [2.75, 3.05) is 26.4 Å². The minimum atomic E-state index is -0.232. The quantitative estimate of drug-likeness (QED) is 0.909. The second kappa shape index (κ2) is 5.81. The average Bonchev–Trinajstić information content (AvgIpc) is 2.85. The summed E-state index contributed by atoms with van der Waals surface area (Å²) >= 11 is 0. The Kier molecular flexibility index (Phi) is 3.89. The largest absolute Gasteiger partial charge is 0.448 e. The van der Waals surface area contributed by atoms with Crippen LogP contribution in [0.2, 0.25) is 0 Å². The summed E-state index contributed by atoms with van der Waals surface area (Å²) in [7, 11) is 0. The molecule has 2 aliphatic rings. The summed E-state index contributed by atoms with van der Waals surface area (Å²) in [5.41, 5.74) is 3.55. The minimum Gasteiger partial charge on any atom is -0.448 e. The molecule has 2 aliphatic heterocycles. The molecule has 0 aromatic heterocycles. The summed E-state index contributed by atoms with van der Waals surface area (Å²) < 4.78 is 10.6. The van der Waals surface area contributed by atoms with Crippen molar-refractivity contribution in [3.8, 4) is 0 Å². The molecule has 20 heavy (non-hydrogen) atoms. The zero-order valence-electron chi connectivity index (χ0n) is 11.4. The maximum Gasteiger partial charge on any atom is 0.410 e. The van der Waals surface area contributed by atoms with Gasteiger partial charge in [-0.15, -0.1) is 0 Å². The van der Waals surface area contributed by atoms with Gasteiger partial charge in [-0.05, 0) is 23.1 Å². The molecule has 2 heterocycles. The first-order valence-corrected chi connectivity index (χ1v) is 7.04. The lowest BCUT2D eigenvalue weighted by molar-refractivity contribution is 0.0253. The third-order valence-electron chi connectivity index (χ3n) is 3.85. The van der Waals surface area contributed by atoms with Crippen molar-refractivity contribution in [2.45, 2.75) is 25.5 Å². The number of amides is 1. The first-order valence-electron chi connectivity index (χ1n) is 7.04. The number of carbonyl (C=O) groups is 1. The predicted molar refractivity (Wildman–Crippen MR) is 72.3 cm³/mol. The third-order valence-corrected chi connectivity index (χ3v) is 3.85. The number of fused-ring (bicyclic) bond motifs is 1. The van der Waals surface area contributed by atoms with Crippen LogP contribution in [0.3, 0.4) is 0 Å². The Hall–Kier alpha value is -1.59. The number of carbonyl (C=O) groups excluding carboxylic acids is 1. The van der Waals surface area contributed by atoms with E-state index in [0.717, 1.165) is 17.5 Å². The van der Waals surface area contributed by atoms with Crippen LogP contribution >= 0.6 is 0 Å². The Bertz CT molecular complexity index is 503. The van der Waals surface area contributed by atoms with Gasteiger partial charge in [0.15, 0.2) is 0 Å².